The predicted molar refractivity (Wildman–Crippen MR) is 170 cm³/mol. The first-order valence-corrected chi connectivity index (χ1v) is 14.8. The summed E-state index contributed by atoms with van der Waals surface area (Å²) in [5.74, 6) is 0.195. The predicted octanol–water partition coefficient (Wildman–Crippen LogP) is 6.44. The molecule has 1 atom stereocenters. The van der Waals surface area contributed by atoms with Crippen molar-refractivity contribution in [2.24, 2.45) is 10.8 Å². The fourth-order valence-corrected chi connectivity index (χ4v) is 4.49. The first kappa shape index (κ1) is 35.9. The molecular weight excluding hydrogens is 564 g/mol. The SMILES string of the molecule is CCCCOC(=O)C(C)(C)CC(C)(CC)C(=O)OCCNC(=O)Nc1ccc(C(=O)C=Cc2ccc(OC)c(OC)c2)cc1. The minimum absolute atomic E-state index is 0.0247. The lowest BCUT2D eigenvalue weighted by Crippen LogP contribution is -2.39. The van der Waals surface area contributed by atoms with Crippen LogP contribution in [0.5, 0.6) is 11.5 Å². The number of rotatable bonds is 17. The molecule has 0 aliphatic carbocycles. The first-order chi connectivity index (χ1) is 20.9. The number of ether oxygens (including phenoxy) is 4. The Morgan fingerprint density at radius 2 is 1.50 bits per heavy atom. The highest BCUT2D eigenvalue weighted by Gasteiger charge is 2.42. The smallest absolute Gasteiger partial charge is 0.319 e. The summed E-state index contributed by atoms with van der Waals surface area (Å²) < 4.78 is 21.3. The van der Waals surface area contributed by atoms with Crippen LogP contribution >= 0.6 is 0 Å². The molecule has 10 heteroatoms. The number of methoxy groups -OCH3 is 2. The summed E-state index contributed by atoms with van der Waals surface area (Å²) in [6.07, 6.45) is 5.62. The Kier molecular flexibility index (Phi) is 13.9. The van der Waals surface area contributed by atoms with E-state index in [9.17, 15) is 19.2 Å². The molecule has 2 N–H and O–H groups in total. The molecule has 0 aliphatic rings. The number of hydrogen-bond donors (Lipinski definition) is 2. The van der Waals surface area contributed by atoms with Gasteiger partial charge in [0.1, 0.15) is 6.61 Å². The van der Waals surface area contributed by atoms with Crippen LogP contribution in [0, 0.1) is 10.8 Å². The molecule has 0 heterocycles. The number of unbranched alkanes of at least 4 members (excludes halogenated alkanes) is 1. The van der Waals surface area contributed by atoms with E-state index in [0.29, 0.717) is 35.8 Å². The van der Waals surface area contributed by atoms with Gasteiger partial charge in [0.2, 0.25) is 0 Å². The quantitative estimate of drug-likeness (QED) is 0.0906. The lowest BCUT2D eigenvalue weighted by Gasteiger charge is -2.33. The molecule has 2 aromatic carbocycles. The van der Waals surface area contributed by atoms with E-state index in [2.05, 4.69) is 10.6 Å². The number of carbonyl (C=O) groups is 4. The van der Waals surface area contributed by atoms with Crippen LogP contribution in [0.2, 0.25) is 0 Å². The highest BCUT2D eigenvalue weighted by atomic mass is 16.5. The zero-order valence-corrected chi connectivity index (χ0v) is 26.9. The Balaban J connectivity index is 1.82. The largest absolute Gasteiger partial charge is 0.493 e. The van der Waals surface area contributed by atoms with Gasteiger partial charge in [-0.2, -0.15) is 0 Å². The lowest BCUT2D eigenvalue weighted by atomic mass is 9.72. The van der Waals surface area contributed by atoms with Crippen molar-refractivity contribution in [3.8, 4) is 11.5 Å². The maximum absolute atomic E-state index is 12.9. The molecule has 0 spiro atoms. The minimum Gasteiger partial charge on any atom is -0.493 e. The van der Waals surface area contributed by atoms with Crippen LogP contribution in [0.15, 0.2) is 48.5 Å². The van der Waals surface area contributed by atoms with Gasteiger partial charge >= 0.3 is 18.0 Å². The second-order valence-electron chi connectivity index (χ2n) is 11.4. The van der Waals surface area contributed by atoms with E-state index in [1.165, 1.54) is 6.08 Å². The summed E-state index contributed by atoms with van der Waals surface area (Å²) in [6.45, 7) is 9.64. The van der Waals surface area contributed by atoms with Gasteiger partial charge < -0.3 is 29.6 Å². The van der Waals surface area contributed by atoms with Crippen LogP contribution in [0.25, 0.3) is 6.08 Å². The third kappa shape index (κ3) is 10.7. The number of amides is 2. The number of hydrogen-bond acceptors (Lipinski definition) is 8. The standard InChI is InChI=1S/C34H46N2O8/c1-8-10-20-43-30(38)33(3,4)23-34(5,9-2)31(39)44-21-19-35-32(40)36-26-15-13-25(14-16-26)27(37)17-11-24-12-18-28(41-6)29(22-24)42-7/h11-18,22H,8-10,19-21,23H2,1-7H3,(H2,35,36,40). The third-order valence-corrected chi connectivity index (χ3v) is 7.27. The van der Waals surface area contributed by atoms with Crippen molar-refractivity contribution in [2.45, 2.75) is 60.3 Å². The fraction of sp³-hybridized carbons (Fsp3) is 0.471. The van der Waals surface area contributed by atoms with Crippen molar-refractivity contribution in [2.75, 3.05) is 39.3 Å². The number of anilines is 1. The second-order valence-corrected chi connectivity index (χ2v) is 11.4. The van der Waals surface area contributed by atoms with Gasteiger partial charge in [0.25, 0.3) is 0 Å². The number of carbonyl (C=O) groups excluding carboxylic acids is 4. The molecule has 0 aliphatic heterocycles. The average molecular weight is 611 g/mol. The first-order valence-electron chi connectivity index (χ1n) is 14.8. The summed E-state index contributed by atoms with van der Waals surface area (Å²) >= 11 is 0. The van der Waals surface area contributed by atoms with Crippen LogP contribution in [0.3, 0.4) is 0 Å². The van der Waals surface area contributed by atoms with E-state index in [4.69, 9.17) is 18.9 Å². The second kappa shape index (κ2) is 17.1. The van der Waals surface area contributed by atoms with Crippen molar-refractivity contribution in [1.29, 1.82) is 0 Å². The molecule has 0 fully saturated rings. The highest BCUT2D eigenvalue weighted by Crippen LogP contribution is 2.38. The number of benzene rings is 2. The monoisotopic (exact) mass is 610 g/mol. The molecule has 0 radical (unpaired) electrons. The Morgan fingerprint density at radius 3 is 2.11 bits per heavy atom. The van der Waals surface area contributed by atoms with E-state index in [0.717, 1.165) is 18.4 Å². The van der Waals surface area contributed by atoms with Gasteiger partial charge in [-0.1, -0.05) is 32.4 Å². The van der Waals surface area contributed by atoms with Gasteiger partial charge in [0.05, 0.1) is 38.2 Å². The molecule has 0 saturated carbocycles. The third-order valence-electron chi connectivity index (χ3n) is 7.27. The fourth-order valence-electron chi connectivity index (χ4n) is 4.49. The molecular formula is C34H46N2O8. The maximum Gasteiger partial charge on any atom is 0.319 e. The average Bonchev–Trinajstić information content (AvgIpc) is 3.01. The number of nitrogens with one attached hydrogen (secondary N) is 2. The Labute approximate surface area is 260 Å². The topological polar surface area (TPSA) is 129 Å². The van der Waals surface area contributed by atoms with Crippen LogP contribution in [0.4, 0.5) is 10.5 Å². The van der Waals surface area contributed by atoms with E-state index < -0.39 is 22.8 Å². The van der Waals surface area contributed by atoms with Crippen molar-refractivity contribution in [3.05, 3.63) is 59.7 Å². The lowest BCUT2D eigenvalue weighted by molar-refractivity contribution is -0.163. The minimum atomic E-state index is -0.884. The van der Waals surface area contributed by atoms with E-state index in [1.54, 1.807) is 77.5 Å². The zero-order valence-electron chi connectivity index (χ0n) is 26.9. The van der Waals surface area contributed by atoms with Gasteiger partial charge in [-0.25, -0.2) is 4.79 Å². The van der Waals surface area contributed by atoms with Crippen molar-refractivity contribution >= 4 is 35.5 Å². The van der Waals surface area contributed by atoms with Gasteiger partial charge in [-0.05, 0) is 88.1 Å². The highest BCUT2D eigenvalue weighted by molar-refractivity contribution is 6.07. The summed E-state index contributed by atoms with van der Waals surface area (Å²) in [5.41, 5.74) is -0.00727. The van der Waals surface area contributed by atoms with Crippen LogP contribution in [-0.2, 0) is 19.1 Å². The van der Waals surface area contributed by atoms with E-state index >= 15 is 0 Å². The van der Waals surface area contributed by atoms with Crippen molar-refractivity contribution < 1.29 is 38.1 Å². The molecule has 1 unspecified atom stereocenters. The molecule has 0 bridgehead atoms. The number of urea groups is 1. The summed E-state index contributed by atoms with van der Waals surface area (Å²) in [6, 6.07) is 11.3. The summed E-state index contributed by atoms with van der Waals surface area (Å²) in [7, 11) is 3.10. The zero-order chi connectivity index (χ0) is 32.8. The number of esters is 2. The Hall–Kier alpha value is -4.34. The Morgan fingerprint density at radius 1 is 0.841 bits per heavy atom. The van der Waals surface area contributed by atoms with E-state index in [1.807, 2.05) is 19.9 Å². The molecule has 10 nitrogen and oxygen atoms in total. The molecule has 2 rings (SSSR count). The molecule has 2 aromatic rings. The summed E-state index contributed by atoms with van der Waals surface area (Å²) in [5, 5.41) is 5.33. The van der Waals surface area contributed by atoms with Crippen molar-refractivity contribution in [1.82, 2.24) is 5.32 Å². The molecule has 0 saturated heterocycles. The van der Waals surface area contributed by atoms with Crippen LogP contribution in [0.1, 0.15) is 76.2 Å². The van der Waals surface area contributed by atoms with E-state index in [-0.39, 0.29) is 31.3 Å². The summed E-state index contributed by atoms with van der Waals surface area (Å²) in [4.78, 5) is 50.4. The van der Waals surface area contributed by atoms with Gasteiger partial charge in [-0.3, -0.25) is 14.4 Å². The molecule has 0 aromatic heterocycles. The maximum atomic E-state index is 12.9. The number of ketones is 1. The number of allylic oxidation sites excluding steroid dienone is 1. The Bertz CT molecular complexity index is 1300. The molecule has 2 amide bonds. The van der Waals surface area contributed by atoms with Crippen molar-refractivity contribution in [3.63, 3.8) is 0 Å². The van der Waals surface area contributed by atoms with Crippen LogP contribution < -0.4 is 20.1 Å². The van der Waals surface area contributed by atoms with Crippen LogP contribution in [-0.4, -0.2) is 57.7 Å². The molecule has 240 valence electrons. The normalized spacial score (nSPS) is 12.6. The van der Waals surface area contributed by atoms with Gasteiger partial charge in [0, 0.05) is 11.3 Å². The van der Waals surface area contributed by atoms with Gasteiger partial charge in [0.15, 0.2) is 17.3 Å². The van der Waals surface area contributed by atoms with Gasteiger partial charge in [-0.15, -0.1) is 0 Å². The molecule has 44 heavy (non-hydrogen) atoms.